The first-order chi connectivity index (χ1) is 9.24. The predicted octanol–water partition coefficient (Wildman–Crippen LogP) is -0.659. The highest BCUT2D eigenvalue weighted by atomic mass is 16.5. The van der Waals surface area contributed by atoms with Gasteiger partial charge in [0.2, 0.25) is 5.91 Å². The van der Waals surface area contributed by atoms with Gasteiger partial charge in [-0.15, -0.1) is 0 Å². The molecule has 3 N–H and O–H groups in total. The zero-order valence-electron chi connectivity index (χ0n) is 12.1. The monoisotopic (exact) mass is 274 g/mol. The minimum atomic E-state index is -0.126. The van der Waals surface area contributed by atoms with E-state index >= 15 is 0 Å². The second kappa shape index (κ2) is 13.1. The molecular formula is C12H26N4O3. The van der Waals surface area contributed by atoms with Gasteiger partial charge in [0.1, 0.15) is 6.54 Å². The van der Waals surface area contributed by atoms with E-state index in [9.17, 15) is 4.79 Å². The molecule has 0 aromatic rings. The normalized spacial score (nSPS) is 11.2. The van der Waals surface area contributed by atoms with Crippen molar-refractivity contribution in [1.82, 2.24) is 16.0 Å². The summed E-state index contributed by atoms with van der Waals surface area (Å²) in [5, 5.41) is 8.85. The van der Waals surface area contributed by atoms with Gasteiger partial charge in [-0.05, 0) is 13.8 Å². The van der Waals surface area contributed by atoms with Gasteiger partial charge in [0.25, 0.3) is 0 Å². The molecule has 0 unspecified atom stereocenters. The molecule has 7 nitrogen and oxygen atoms in total. The molecule has 0 spiro atoms. The third-order valence-electron chi connectivity index (χ3n) is 2.10. The van der Waals surface area contributed by atoms with Crippen molar-refractivity contribution >= 4 is 11.9 Å². The number of ether oxygens (including phenoxy) is 2. The van der Waals surface area contributed by atoms with Crippen LogP contribution < -0.4 is 16.0 Å². The van der Waals surface area contributed by atoms with Crippen molar-refractivity contribution in [3.05, 3.63) is 0 Å². The Labute approximate surface area is 115 Å². The summed E-state index contributed by atoms with van der Waals surface area (Å²) in [6, 6.07) is 0. The highest BCUT2D eigenvalue weighted by Crippen LogP contribution is 1.77. The molecule has 0 saturated heterocycles. The summed E-state index contributed by atoms with van der Waals surface area (Å²) in [7, 11) is 1.59. The van der Waals surface area contributed by atoms with Crippen molar-refractivity contribution in [2.45, 2.75) is 13.8 Å². The molecule has 0 bridgehead atoms. The van der Waals surface area contributed by atoms with E-state index in [0.29, 0.717) is 38.9 Å². The molecule has 0 aromatic heterocycles. The van der Waals surface area contributed by atoms with Crippen molar-refractivity contribution in [3.8, 4) is 0 Å². The van der Waals surface area contributed by atoms with Crippen LogP contribution in [0.5, 0.6) is 0 Å². The molecule has 0 aliphatic carbocycles. The first kappa shape index (κ1) is 17.7. The number of rotatable bonds is 10. The molecule has 7 heteroatoms. The van der Waals surface area contributed by atoms with E-state index in [0.717, 1.165) is 6.54 Å². The van der Waals surface area contributed by atoms with Gasteiger partial charge < -0.3 is 25.4 Å². The van der Waals surface area contributed by atoms with Gasteiger partial charge in [0.15, 0.2) is 5.96 Å². The topological polar surface area (TPSA) is 84.0 Å². The first-order valence-corrected chi connectivity index (χ1v) is 6.60. The fourth-order valence-corrected chi connectivity index (χ4v) is 1.23. The standard InChI is InChI=1S/C12H26N4O3/c1-4-13-12(15-7-9-19-5-2)16-10-11(17)14-6-8-18-3/h4-10H2,1-3H3,(H,14,17)(H2,13,15,16). The molecule has 112 valence electrons. The fraction of sp³-hybridized carbons (Fsp3) is 0.833. The number of amides is 1. The highest BCUT2D eigenvalue weighted by molar-refractivity contribution is 5.84. The van der Waals surface area contributed by atoms with Crippen LogP contribution in [0.15, 0.2) is 4.99 Å². The number of aliphatic imine (C=N–C) groups is 1. The molecule has 0 aromatic carbocycles. The lowest BCUT2D eigenvalue weighted by molar-refractivity contribution is -0.119. The largest absolute Gasteiger partial charge is 0.383 e. The maximum atomic E-state index is 11.4. The fourth-order valence-electron chi connectivity index (χ4n) is 1.23. The zero-order valence-corrected chi connectivity index (χ0v) is 12.1. The lowest BCUT2D eigenvalue weighted by Gasteiger charge is -2.11. The molecule has 0 rings (SSSR count). The third-order valence-corrected chi connectivity index (χ3v) is 2.10. The Morgan fingerprint density at radius 2 is 1.84 bits per heavy atom. The second-order valence-electron chi connectivity index (χ2n) is 3.66. The second-order valence-corrected chi connectivity index (χ2v) is 3.66. The van der Waals surface area contributed by atoms with Gasteiger partial charge in [-0.25, -0.2) is 4.99 Å². The van der Waals surface area contributed by atoms with E-state index < -0.39 is 0 Å². The number of carbonyl (C=O) groups is 1. The van der Waals surface area contributed by atoms with Crippen LogP contribution in [0.1, 0.15) is 13.8 Å². The van der Waals surface area contributed by atoms with E-state index in [1.54, 1.807) is 7.11 Å². The van der Waals surface area contributed by atoms with Gasteiger partial charge in [-0.3, -0.25) is 4.79 Å². The van der Waals surface area contributed by atoms with Crippen molar-refractivity contribution in [1.29, 1.82) is 0 Å². The molecule has 0 fully saturated rings. The molecule has 0 radical (unpaired) electrons. The molecule has 0 aliphatic heterocycles. The number of methoxy groups -OCH3 is 1. The predicted molar refractivity (Wildman–Crippen MR) is 75.4 cm³/mol. The van der Waals surface area contributed by atoms with Crippen molar-refractivity contribution in [3.63, 3.8) is 0 Å². The first-order valence-electron chi connectivity index (χ1n) is 6.60. The summed E-state index contributed by atoms with van der Waals surface area (Å²) in [4.78, 5) is 15.6. The van der Waals surface area contributed by atoms with Gasteiger partial charge in [-0.2, -0.15) is 0 Å². The molecule has 0 atom stereocenters. The lowest BCUT2D eigenvalue weighted by Crippen LogP contribution is -2.40. The van der Waals surface area contributed by atoms with Crippen LogP contribution in [0.2, 0.25) is 0 Å². The summed E-state index contributed by atoms with van der Waals surface area (Å²) < 4.78 is 10.1. The zero-order chi connectivity index (χ0) is 14.3. The van der Waals surface area contributed by atoms with Crippen molar-refractivity contribution in [2.24, 2.45) is 4.99 Å². The Hall–Kier alpha value is -1.34. The van der Waals surface area contributed by atoms with Gasteiger partial charge in [-0.1, -0.05) is 0 Å². The van der Waals surface area contributed by atoms with Crippen molar-refractivity contribution in [2.75, 3.05) is 53.1 Å². The molecule has 1 amide bonds. The molecule has 0 saturated carbocycles. The maximum absolute atomic E-state index is 11.4. The number of hydrogen-bond donors (Lipinski definition) is 3. The minimum Gasteiger partial charge on any atom is -0.383 e. The van der Waals surface area contributed by atoms with Crippen LogP contribution in [0, 0.1) is 0 Å². The quantitative estimate of drug-likeness (QED) is 0.280. The molecule has 0 aliphatic rings. The van der Waals surface area contributed by atoms with Crippen LogP contribution in [-0.2, 0) is 14.3 Å². The average Bonchev–Trinajstić information content (AvgIpc) is 2.41. The molecule has 0 heterocycles. The smallest absolute Gasteiger partial charge is 0.241 e. The van der Waals surface area contributed by atoms with E-state index in [-0.39, 0.29) is 12.5 Å². The maximum Gasteiger partial charge on any atom is 0.241 e. The van der Waals surface area contributed by atoms with Crippen LogP contribution in [-0.4, -0.2) is 65.0 Å². The van der Waals surface area contributed by atoms with E-state index in [1.807, 2.05) is 13.8 Å². The Morgan fingerprint density at radius 1 is 1.11 bits per heavy atom. The Bertz CT molecular complexity index is 259. The Balaban J connectivity index is 3.92. The molecular weight excluding hydrogens is 248 g/mol. The average molecular weight is 274 g/mol. The van der Waals surface area contributed by atoms with Gasteiger partial charge >= 0.3 is 0 Å². The SMILES string of the molecule is CCNC(=NCC(=O)NCCOC)NCCOCC. The third kappa shape index (κ3) is 11.5. The lowest BCUT2D eigenvalue weighted by atomic mass is 10.5. The van der Waals surface area contributed by atoms with Crippen LogP contribution in [0.3, 0.4) is 0 Å². The van der Waals surface area contributed by atoms with Crippen LogP contribution in [0.25, 0.3) is 0 Å². The number of carbonyl (C=O) groups excluding carboxylic acids is 1. The van der Waals surface area contributed by atoms with Gasteiger partial charge in [0, 0.05) is 33.4 Å². The highest BCUT2D eigenvalue weighted by Gasteiger charge is 2.01. The van der Waals surface area contributed by atoms with E-state index in [2.05, 4.69) is 20.9 Å². The van der Waals surface area contributed by atoms with Crippen molar-refractivity contribution < 1.29 is 14.3 Å². The van der Waals surface area contributed by atoms with Crippen LogP contribution >= 0.6 is 0 Å². The van der Waals surface area contributed by atoms with Crippen LogP contribution in [0.4, 0.5) is 0 Å². The van der Waals surface area contributed by atoms with E-state index in [1.165, 1.54) is 0 Å². The Morgan fingerprint density at radius 3 is 2.47 bits per heavy atom. The Kier molecular flexibility index (Phi) is 12.2. The number of nitrogens with one attached hydrogen (secondary N) is 3. The van der Waals surface area contributed by atoms with Gasteiger partial charge in [0.05, 0.1) is 13.2 Å². The number of nitrogens with zero attached hydrogens (tertiary/aromatic N) is 1. The number of guanidine groups is 1. The summed E-state index contributed by atoms with van der Waals surface area (Å²) in [6.45, 7) is 7.71. The summed E-state index contributed by atoms with van der Waals surface area (Å²) in [5.74, 6) is 0.489. The number of hydrogen-bond acceptors (Lipinski definition) is 4. The summed E-state index contributed by atoms with van der Waals surface area (Å²) >= 11 is 0. The molecule has 19 heavy (non-hydrogen) atoms. The minimum absolute atomic E-state index is 0.0910. The summed E-state index contributed by atoms with van der Waals surface area (Å²) in [5.41, 5.74) is 0. The van der Waals surface area contributed by atoms with E-state index in [4.69, 9.17) is 9.47 Å². The summed E-state index contributed by atoms with van der Waals surface area (Å²) in [6.07, 6.45) is 0.